The van der Waals surface area contributed by atoms with Gasteiger partial charge >= 0.3 is 6.18 Å². The van der Waals surface area contributed by atoms with Crippen molar-refractivity contribution in [1.82, 2.24) is 45.2 Å². The third kappa shape index (κ3) is 7.50. The number of H-pyrrole nitrogens is 1. The lowest BCUT2D eigenvalue weighted by Gasteiger charge is -2.37. The number of pyridine rings is 1. The molecule has 2 aliphatic heterocycles. The molecule has 1 aromatic carbocycles. The minimum atomic E-state index is -4.83. The summed E-state index contributed by atoms with van der Waals surface area (Å²) in [5.74, 6) is -1.01. The van der Waals surface area contributed by atoms with Crippen molar-refractivity contribution >= 4 is 46.6 Å². The first-order chi connectivity index (χ1) is 23.4. The lowest BCUT2D eigenvalue weighted by atomic mass is 9.96. The molecule has 5 heterocycles. The number of alkyl halides is 3. The summed E-state index contributed by atoms with van der Waals surface area (Å²) < 4.78 is 42.6. The van der Waals surface area contributed by atoms with Gasteiger partial charge in [-0.25, -0.2) is 14.6 Å². The van der Waals surface area contributed by atoms with Gasteiger partial charge < -0.3 is 31.2 Å². The van der Waals surface area contributed by atoms with Crippen molar-refractivity contribution < 1.29 is 27.6 Å². The summed E-state index contributed by atoms with van der Waals surface area (Å²) >= 11 is 12.5. The molecule has 0 atom stereocenters. The largest absolute Gasteiger partial charge is 0.435 e. The molecule has 6 rings (SSSR count). The van der Waals surface area contributed by atoms with E-state index >= 15 is 0 Å². The zero-order valence-electron chi connectivity index (χ0n) is 25.9. The van der Waals surface area contributed by atoms with Crippen molar-refractivity contribution in [3.8, 4) is 17.1 Å². The van der Waals surface area contributed by atoms with Gasteiger partial charge in [-0.15, -0.1) is 0 Å². The molecule has 49 heavy (non-hydrogen) atoms. The molecular weight excluding hydrogens is 688 g/mol. The Morgan fingerprint density at radius 1 is 0.980 bits per heavy atom. The van der Waals surface area contributed by atoms with Gasteiger partial charge in [0.05, 0.1) is 44.9 Å². The average Bonchev–Trinajstić information content (AvgIpc) is 3.77. The Labute approximate surface area is 288 Å². The SMILES string of the molecule is Nc1cnc(-n2cc(-c3cnc(C(=O)NCc4ccc(C(=O)N5CCN(C(=O)C6CCNCC6)CC5)c(Cl)c4)[nH]3)c(C(F)(F)F)n2)cc1Cl. The Morgan fingerprint density at radius 2 is 1.69 bits per heavy atom. The van der Waals surface area contributed by atoms with Gasteiger partial charge in [-0.3, -0.25) is 14.4 Å². The molecule has 3 amide bonds. The van der Waals surface area contributed by atoms with Crippen molar-refractivity contribution in [2.24, 2.45) is 5.92 Å². The Bertz CT molecular complexity index is 1880. The first kappa shape index (κ1) is 34.2. The number of nitrogens with two attached hydrogens (primary N) is 1. The molecule has 13 nitrogen and oxygen atoms in total. The van der Waals surface area contributed by atoms with Gasteiger partial charge in [-0.05, 0) is 43.6 Å². The van der Waals surface area contributed by atoms with E-state index in [1.807, 2.05) is 4.90 Å². The van der Waals surface area contributed by atoms with E-state index in [0.717, 1.165) is 43.0 Å². The minimum Gasteiger partial charge on any atom is -0.396 e. The maximum atomic E-state index is 13.9. The molecule has 0 saturated carbocycles. The van der Waals surface area contributed by atoms with Gasteiger partial charge in [0, 0.05) is 50.9 Å². The van der Waals surface area contributed by atoms with Crippen molar-refractivity contribution in [1.29, 1.82) is 0 Å². The molecule has 0 spiro atoms. The van der Waals surface area contributed by atoms with Gasteiger partial charge in [0.25, 0.3) is 11.8 Å². The summed E-state index contributed by atoms with van der Waals surface area (Å²) in [6, 6.07) is 6.05. The number of hydrogen-bond donors (Lipinski definition) is 4. The highest BCUT2D eigenvalue weighted by atomic mass is 35.5. The Balaban J connectivity index is 1.07. The molecule has 3 aromatic heterocycles. The van der Waals surface area contributed by atoms with Crippen LogP contribution in [-0.4, -0.2) is 91.5 Å². The maximum Gasteiger partial charge on any atom is 0.435 e. The number of hydrogen-bond acceptors (Lipinski definition) is 8. The molecular formula is C31H31Cl2F3N10O3. The first-order valence-corrected chi connectivity index (χ1v) is 16.1. The molecule has 5 N–H and O–H groups in total. The Kier molecular flexibility index (Phi) is 9.81. The van der Waals surface area contributed by atoms with Gasteiger partial charge in [-0.2, -0.15) is 18.3 Å². The Morgan fingerprint density at radius 3 is 2.37 bits per heavy atom. The van der Waals surface area contributed by atoms with Crippen LogP contribution in [-0.2, 0) is 17.5 Å². The molecule has 4 aromatic rings. The number of piperazine rings is 1. The van der Waals surface area contributed by atoms with Crippen molar-refractivity contribution in [2.75, 3.05) is 45.0 Å². The fraction of sp³-hybridized carbons (Fsp3) is 0.355. The summed E-state index contributed by atoms with van der Waals surface area (Å²) in [5, 5.41) is 9.83. The van der Waals surface area contributed by atoms with E-state index in [-0.39, 0.29) is 62.9 Å². The highest BCUT2D eigenvalue weighted by Crippen LogP contribution is 2.36. The van der Waals surface area contributed by atoms with Crippen LogP contribution in [0.3, 0.4) is 0 Å². The number of carbonyl (C=O) groups excluding carboxylic acids is 3. The van der Waals surface area contributed by atoms with Crippen LogP contribution in [0.1, 0.15) is 45.1 Å². The number of imidazole rings is 1. The number of rotatable bonds is 7. The van der Waals surface area contributed by atoms with Crippen LogP contribution >= 0.6 is 23.2 Å². The van der Waals surface area contributed by atoms with E-state index in [9.17, 15) is 27.6 Å². The van der Waals surface area contributed by atoms with Crippen molar-refractivity contribution in [3.05, 3.63) is 75.5 Å². The van der Waals surface area contributed by atoms with E-state index in [1.165, 1.54) is 12.3 Å². The number of amides is 3. The second-order valence-corrected chi connectivity index (χ2v) is 12.5. The van der Waals surface area contributed by atoms with Crippen LogP contribution in [0.4, 0.5) is 18.9 Å². The predicted molar refractivity (Wildman–Crippen MR) is 174 cm³/mol. The fourth-order valence-corrected chi connectivity index (χ4v) is 6.19. The zero-order chi connectivity index (χ0) is 34.9. The summed E-state index contributed by atoms with van der Waals surface area (Å²) in [7, 11) is 0. The van der Waals surface area contributed by atoms with Gasteiger partial charge in [-0.1, -0.05) is 29.3 Å². The van der Waals surface area contributed by atoms with Gasteiger partial charge in [0.15, 0.2) is 17.3 Å². The minimum absolute atomic E-state index is 0.00172. The number of carbonyl (C=O) groups is 3. The van der Waals surface area contributed by atoms with E-state index in [0.29, 0.717) is 37.3 Å². The van der Waals surface area contributed by atoms with Crippen molar-refractivity contribution in [2.45, 2.75) is 25.6 Å². The normalized spacial score (nSPS) is 15.8. The first-order valence-electron chi connectivity index (χ1n) is 15.4. The standard InChI is InChI=1S/C31H31Cl2F3N10O3/c32-21-11-17(1-2-19(21)30(49)45-9-7-44(8-10-45)29(48)18-3-5-38-6-4-18)13-41-28(47)27-40-15-24(42-27)20-16-46(43-26(20)31(34,35)36)25-12-22(33)23(37)14-39-25/h1-2,11-12,14-16,18,38H,3-10,13,37H2,(H,40,42)(H,41,47). The smallest absolute Gasteiger partial charge is 0.396 e. The second-order valence-electron chi connectivity index (χ2n) is 11.7. The highest BCUT2D eigenvalue weighted by Gasteiger charge is 2.38. The molecule has 0 radical (unpaired) electrons. The Hall–Kier alpha value is -4.67. The summed E-state index contributed by atoms with van der Waals surface area (Å²) in [5.41, 5.74) is 4.98. The van der Waals surface area contributed by atoms with Crippen LogP contribution in [0.25, 0.3) is 17.1 Å². The van der Waals surface area contributed by atoms with Crippen LogP contribution in [0, 0.1) is 5.92 Å². The predicted octanol–water partition coefficient (Wildman–Crippen LogP) is 3.78. The number of halogens is 5. The number of nitrogens with one attached hydrogen (secondary N) is 3. The molecule has 0 aliphatic carbocycles. The summed E-state index contributed by atoms with van der Waals surface area (Å²) in [6.45, 7) is 3.36. The molecule has 2 saturated heterocycles. The van der Waals surface area contributed by atoms with Crippen LogP contribution in [0.2, 0.25) is 10.0 Å². The number of aromatic nitrogens is 5. The number of aromatic amines is 1. The number of nitrogen functional groups attached to an aromatic ring is 1. The number of nitrogens with zero attached hydrogens (tertiary/aromatic N) is 6. The number of piperidine rings is 1. The molecule has 18 heteroatoms. The van der Waals surface area contributed by atoms with E-state index < -0.39 is 17.8 Å². The van der Waals surface area contributed by atoms with Crippen LogP contribution in [0.15, 0.2) is 42.9 Å². The van der Waals surface area contributed by atoms with Gasteiger partial charge in [0.2, 0.25) is 5.91 Å². The number of anilines is 1. The zero-order valence-corrected chi connectivity index (χ0v) is 27.4. The second kappa shape index (κ2) is 14.1. The van der Waals surface area contributed by atoms with Gasteiger partial charge in [0.1, 0.15) is 0 Å². The third-order valence-electron chi connectivity index (χ3n) is 8.45. The average molecular weight is 720 g/mol. The van der Waals surface area contributed by atoms with Crippen LogP contribution in [0.5, 0.6) is 0 Å². The molecule has 2 aliphatic rings. The topological polar surface area (TPSA) is 167 Å². The number of benzene rings is 1. The quantitative estimate of drug-likeness (QED) is 0.224. The van der Waals surface area contributed by atoms with Crippen LogP contribution < -0.4 is 16.4 Å². The highest BCUT2D eigenvalue weighted by molar-refractivity contribution is 6.34. The third-order valence-corrected chi connectivity index (χ3v) is 9.09. The molecule has 0 bridgehead atoms. The van der Waals surface area contributed by atoms with Crippen molar-refractivity contribution in [3.63, 3.8) is 0 Å². The maximum absolute atomic E-state index is 13.9. The molecule has 0 unspecified atom stereocenters. The summed E-state index contributed by atoms with van der Waals surface area (Å²) in [6.07, 6.45) is 0.184. The van der Waals surface area contributed by atoms with E-state index in [4.69, 9.17) is 28.9 Å². The monoisotopic (exact) mass is 718 g/mol. The van der Waals surface area contributed by atoms with E-state index in [2.05, 4.69) is 30.7 Å². The lowest BCUT2D eigenvalue weighted by Crippen LogP contribution is -2.52. The van der Waals surface area contributed by atoms with E-state index in [1.54, 1.807) is 23.1 Å². The molecule has 258 valence electrons. The lowest BCUT2D eigenvalue weighted by molar-refractivity contribution is -0.141. The summed E-state index contributed by atoms with van der Waals surface area (Å²) in [4.78, 5) is 53.0. The fourth-order valence-electron chi connectivity index (χ4n) is 5.76. The molecule has 2 fully saturated rings.